The number of nitrogens with two attached hydrogens (primary N) is 1. The molecule has 1 rings (SSSR count). The van der Waals surface area contributed by atoms with Crippen molar-refractivity contribution >= 4 is 5.97 Å². The van der Waals surface area contributed by atoms with Crippen LogP contribution in [0.25, 0.3) is 0 Å². The van der Waals surface area contributed by atoms with E-state index in [1.54, 1.807) is 12.1 Å². The van der Waals surface area contributed by atoms with Gasteiger partial charge in [0.1, 0.15) is 6.23 Å². The number of benzene rings is 1. The van der Waals surface area contributed by atoms with Crippen molar-refractivity contribution in [3.8, 4) is 0 Å². The SMILES string of the molecule is N[C@@H](O)Cc1ccc(C(=O)O)cc1. The van der Waals surface area contributed by atoms with Gasteiger partial charge in [-0.2, -0.15) is 0 Å². The molecule has 70 valence electrons. The van der Waals surface area contributed by atoms with E-state index in [2.05, 4.69) is 0 Å². The molecule has 0 saturated carbocycles. The molecule has 0 unspecified atom stereocenters. The van der Waals surface area contributed by atoms with Crippen molar-refractivity contribution in [3.05, 3.63) is 35.4 Å². The summed E-state index contributed by atoms with van der Waals surface area (Å²) in [6.45, 7) is 0. The summed E-state index contributed by atoms with van der Waals surface area (Å²) < 4.78 is 0. The molecule has 0 aliphatic carbocycles. The molecule has 0 aliphatic heterocycles. The van der Waals surface area contributed by atoms with E-state index >= 15 is 0 Å². The first-order valence-corrected chi connectivity index (χ1v) is 3.85. The number of aliphatic hydroxyl groups excluding tert-OH is 1. The zero-order valence-corrected chi connectivity index (χ0v) is 6.97. The Morgan fingerprint density at radius 1 is 1.38 bits per heavy atom. The van der Waals surface area contributed by atoms with Crippen LogP contribution in [0.3, 0.4) is 0 Å². The van der Waals surface area contributed by atoms with Gasteiger partial charge in [-0.1, -0.05) is 12.1 Å². The fourth-order valence-electron chi connectivity index (χ4n) is 1.02. The summed E-state index contributed by atoms with van der Waals surface area (Å²) in [6.07, 6.45) is -0.560. The summed E-state index contributed by atoms with van der Waals surface area (Å²) in [6, 6.07) is 6.25. The molecule has 4 N–H and O–H groups in total. The second-order valence-corrected chi connectivity index (χ2v) is 2.77. The molecule has 0 saturated heterocycles. The molecule has 4 nitrogen and oxygen atoms in total. The summed E-state index contributed by atoms with van der Waals surface area (Å²) in [5.74, 6) is -0.958. The quantitative estimate of drug-likeness (QED) is 0.582. The molecular weight excluding hydrogens is 170 g/mol. The minimum absolute atomic E-state index is 0.232. The Balaban J connectivity index is 2.75. The zero-order chi connectivity index (χ0) is 9.84. The maximum atomic E-state index is 10.5. The Morgan fingerprint density at radius 2 is 1.92 bits per heavy atom. The molecule has 0 fully saturated rings. The standard InChI is InChI=1S/C9H11NO3/c10-8(11)5-6-1-3-7(4-2-6)9(12)13/h1-4,8,11H,5,10H2,(H,12,13)/t8-/m0/s1. The second-order valence-electron chi connectivity index (χ2n) is 2.77. The molecule has 0 aliphatic rings. The van der Waals surface area contributed by atoms with Crippen molar-refractivity contribution in [1.29, 1.82) is 0 Å². The van der Waals surface area contributed by atoms with E-state index in [-0.39, 0.29) is 5.56 Å². The van der Waals surface area contributed by atoms with Crippen LogP contribution in [0, 0.1) is 0 Å². The van der Waals surface area contributed by atoms with Crippen LogP contribution in [-0.2, 0) is 6.42 Å². The number of rotatable bonds is 3. The van der Waals surface area contributed by atoms with Gasteiger partial charge in [0.25, 0.3) is 0 Å². The molecule has 0 radical (unpaired) electrons. The summed E-state index contributed by atoms with van der Waals surface area (Å²) >= 11 is 0. The van der Waals surface area contributed by atoms with E-state index in [1.165, 1.54) is 12.1 Å². The Morgan fingerprint density at radius 3 is 2.31 bits per heavy atom. The zero-order valence-electron chi connectivity index (χ0n) is 6.97. The van der Waals surface area contributed by atoms with Crippen LogP contribution in [0.4, 0.5) is 0 Å². The highest BCUT2D eigenvalue weighted by Gasteiger charge is 2.03. The fourth-order valence-corrected chi connectivity index (χ4v) is 1.02. The molecule has 0 heterocycles. The first-order chi connectivity index (χ1) is 6.09. The monoisotopic (exact) mass is 181 g/mol. The van der Waals surface area contributed by atoms with Gasteiger partial charge in [-0.05, 0) is 17.7 Å². The van der Waals surface area contributed by atoms with Crippen LogP contribution in [-0.4, -0.2) is 22.4 Å². The van der Waals surface area contributed by atoms with Gasteiger partial charge < -0.3 is 15.9 Å². The predicted molar refractivity (Wildman–Crippen MR) is 47.3 cm³/mol. The minimum atomic E-state index is -0.958. The van der Waals surface area contributed by atoms with E-state index in [9.17, 15) is 4.79 Å². The molecule has 1 atom stereocenters. The van der Waals surface area contributed by atoms with E-state index < -0.39 is 12.2 Å². The van der Waals surface area contributed by atoms with Gasteiger partial charge >= 0.3 is 5.97 Å². The highest BCUT2D eigenvalue weighted by molar-refractivity contribution is 5.87. The van der Waals surface area contributed by atoms with E-state index in [4.69, 9.17) is 15.9 Å². The largest absolute Gasteiger partial charge is 0.478 e. The van der Waals surface area contributed by atoms with E-state index in [1.807, 2.05) is 0 Å². The van der Waals surface area contributed by atoms with E-state index in [0.717, 1.165) is 5.56 Å². The number of aromatic carboxylic acids is 1. The lowest BCUT2D eigenvalue weighted by atomic mass is 10.1. The number of hydrogen-bond donors (Lipinski definition) is 3. The van der Waals surface area contributed by atoms with Crippen LogP contribution in [0.15, 0.2) is 24.3 Å². The van der Waals surface area contributed by atoms with Gasteiger partial charge in [-0.25, -0.2) is 4.79 Å². The van der Waals surface area contributed by atoms with Gasteiger partial charge in [0, 0.05) is 6.42 Å². The second kappa shape index (κ2) is 4.02. The Labute approximate surface area is 75.6 Å². The number of carboxylic acids is 1. The van der Waals surface area contributed by atoms with Crippen LogP contribution in [0.5, 0.6) is 0 Å². The first-order valence-electron chi connectivity index (χ1n) is 3.85. The molecule has 13 heavy (non-hydrogen) atoms. The van der Waals surface area contributed by atoms with Crippen molar-refractivity contribution in [2.75, 3.05) is 0 Å². The van der Waals surface area contributed by atoms with Gasteiger partial charge in [0.2, 0.25) is 0 Å². The smallest absolute Gasteiger partial charge is 0.335 e. The third-order valence-corrected chi connectivity index (χ3v) is 1.65. The average Bonchev–Trinajstić information content (AvgIpc) is 2.04. The predicted octanol–water partition coefficient (Wildman–Crippen LogP) is 0.204. The molecule has 1 aromatic rings. The van der Waals surface area contributed by atoms with Crippen molar-refractivity contribution in [2.24, 2.45) is 5.73 Å². The molecule has 4 heteroatoms. The van der Waals surface area contributed by atoms with E-state index in [0.29, 0.717) is 6.42 Å². The lowest BCUT2D eigenvalue weighted by Gasteiger charge is -2.03. The van der Waals surface area contributed by atoms with Gasteiger partial charge in [0.05, 0.1) is 5.56 Å². The fraction of sp³-hybridized carbons (Fsp3) is 0.222. The highest BCUT2D eigenvalue weighted by atomic mass is 16.4. The number of carbonyl (C=O) groups is 1. The molecule has 1 aromatic carbocycles. The van der Waals surface area contributed by atoms with Crippen LogP contribution in [0.1, 0.15) is 15.9 Å². The number of aliphatic hydroxyl groups is 1. The molecule has 0 amide bonds. The Kier molecular flexibility index (Phi) is 3.00. The topological polar surface area (TPSA) is 83.5 Å². The minimum Gasteiger partial charge on any atom is -0.478 e. The Hall–Kier alpha value is -1.39. The lowest BCUT2D eigenvalue weighted by molar-refractivity contribution is 0.0697. The summed E-state index contributed by atoms with van der Waals surface area (Å²) in [5, 5.41) is 17.4. The van der Waals surface area contributed by atoms with Crippen molar-refractivity contribution in [3.63, 3.8) is 0 Å². The maximum absolute atomic E-state index is 10.5. The Bertz CT molecular complexity index is 292. The maximum Gasteiger partial charge on any atom is 0.335 e. The molecule has 0 spiro atoms. The number of hydrogen-bond acceptors (Lipinski definition) is 3. The first kappa shape index (κ1) is 9.70. The average molecular weight is 181 g/mol. The molecule has 0 aromatic heterocycles. The summed E-state index contributed by atoms with van der Waals surface area (Å²) in [5.41, 5.74) is 6.21. The van der Waals surface area contributed by atoms with Crippen molar-refractivity contribution in [1.82, 2.24) is 0 Å². The number of carboxylic acid groups (broad SMARTS) is 1. The normalized spacial score (nSPS) is 12.5. The molecular formula is C9H11NO3. The summed E-state index contributed by atoms with van der Waals surface area (Å²) in [4.78, 5) is 10.5. The van der Waals surface area contributed by atoms with Gasteiger partial charge in [0.15, 0.2) is 0 Å². The molecule has 0 bridgehead atoms. The van der Waals surface area contributed by atoms with Crippen molar-refractivity contribution in [2.45, 2.75) is 12.6 Å². The van der Waals surface area contributed by atoms with Crippen LogP contribution < -0.4 is 5.73 Å². The third kappa shape index (κ3) is 2.85. The highest BCUT2D eigenvalue weighted by Crippen LogP contribution is 2.05. The van der Waals surface area contributed by atoms with Crippen LogP contribution in [0.2, 0.25) is 0 Å². The van der Waals surface area contributed by atoms with Gasteiger partial charge in [-0.15, -0.1) is 0 Å². The van der Waals surface area contributed by atoms with Gasteiger partial charge in [-0.3, -0.25) is 0 Å². The lowest BCUT2D eigenvalue weighted by Crippen LogP contribution is -2.21. The van der Waals surface area contributed by atoms with Crippen LogP contribution >= 0.6 is 0 Å². The van der Waals surface area contributed by atoms with Crippen molar-refractivity contribution < 1.29 is 15.0 Å². The summed E-state index contributed by atoms with van der Waals surface area (Å²) in [7, 11) is 0. The third-order valence-electron chi connectivity index (χ3n) is 1.65.